The van der Waals surface area contributed by atoms with Gasteiger partial charge in [0.15, 0.2) is 11.7 Å². The molecule has 1 unspecified atom stereocenters. The van der Waals surface area contributed by atoms with E-state index in [9.17, 15) is 29.4 Å². The predicted octanol–water partition coefficient (Wildman–Crippen LogP) is 4.64. The molecule has 0 N–H and O–H groups in total. The van der Waals surface area contributed by atoms with E-state index in [1.807, 2.05) is 0 Å². The molecule has 12 heteroatoms. The summed E-state index contributed by atoms with van der Waals surface area (Å²) < 4.78 is 16.6. The van der Waals surface area contributed by atoms with Gasteiger partial charge in [0, 0.05) is 6.07 Å². The van der Waals surface area contributed by atoms with Gasteiger partial charge >= 0.3 is 11.7 Å². The maximum Gasteiger partial charge on any atom is 0.359 e. The van der Waals surface area contributed by atoms with Gasteiger partial charge in [-0.25, -0.2) is 4.79 Å². The number of carbonyl (C=O) groups excluding carboxylic acids is 1. The van der Waals surface area contributed by atoms with Crippen LogP contribution in [0.25, 0.3) is 0 Å². The molecule has 27 heavy (non-hydrogen) atoms. The first-order valence-electron chi connectivity index (χ1n) is 6.98. The van der Waals surface area contributed by atoms with Crippen molar-refractivity contribution in [2.24, 2.45) is 0 Å². The molecule has 0 bridgehead atoms. The van der Waals surface area contributed by atoms with Gasteiger partial charge in [0.2, 0.25) is 5.82 Å². The third-order valence-corrected chi connectivity index (χ3v) is 3.81. The summed E-state index contributed by atoms with van der Waals surface area (Å²) in [5.74, 6) is -2.80. The van der Waals surface area contributed by atoms with Gasteiger partial charge in [-0.2, -0.15) is 4.39 Å². The minimum atomic E-state index is -2.57. The lowest BCUT2D eigenvalue weighted by molar-refractivity contribution is -0.398. The first kappa shape index (κ1) is 20.8. The van der Waals surface area contributed by atoms with Crippen molar-refractivity contribution in [3.63, 3.8) is 0 Å². The monoisotopic (exact) mass is 436 g/mol. The van der Waals surface area contributed by atoms with Crippen LogP contribution in [0.2, 0.25) is 0 Å². The van der Waals surface area contributed by atoms with Gasteiger partial charge < -0.3 is 4.74 Å². The Labute approximate surface area is 165 Å². The first-order chi connectivity index (χ1) is 12.5. The molecular weight excluding hydrogens is 430 g/mol. The van der Waals surface area contributed by atoms with Crippen molar-refractivity contribution in [2.75, 3.05) is 0 Å². The van der Waals surface area contributed by atoms with Crippen LogP contribution in [-0.2, 0) is 9.53 Å². The Hall–Kier alpha value is -2.49. The number of hydrogen-bond acceptors (Lipinski definition) is 6. The van der Waals surface area contributed by atoms with Gasteiger partial charge in [-0.3, -0.25) is 20.2 Å². The minimum Gasteiger partial charge on any atom is -0.449 e. The second-order valence-electron chi connectivity index (χ2n) is 5.04. The average molecular weight is 438 g/mol. The summed E-state index contributed by atoms with van der Waals surface area (Å²) in [5, 5.41) is 22.7. The van der Waals surface area contributed by atoms with Gasteiger partial charge in [-0.15, -0.1) is 0 Å². The van der Waals surface area contributed by atoms with E-state index >= 15 is 0 Å². The number of ether oxygens (including phenoxy) is 1. The van der Waals surface area contributed by atoms with Gasteiger partial charge in [0.1, 0.15) is 0 Å². The lowest BCUT2D eigenvalue weighted by Crippen LogP contribution is -2.25. The molecule has 142 valence electrons. The quantitative estimate of drug-likeness (QED) is 0.291. The number of nitro groups is 2. The Morgan fingerprint density at radius 2 is 1.63 bits per heavy atom. The summed E-state index contributed by atoms with van der Waals surface area (Å²) in [6.45, 7) is 0. The van der Waals surface area contributed by atoms with Crippen molar-refractivity contribution in [1.29, 1.82) is 0 Å². The minimum absolute atomic E-state index is 0.0666. The van der Waals surface area contributed by atoms with Gasteiger partial charge in [-0.1, -0.05) is 65.1 Å². The normalized spacial score (nSPS) is 12.3. The Bertz CT molecular complexity index is 904. The van der Waals surface area contributed by atoms with Crippen LogP contribution in [0, 0.1) is 26.0 Å². The molecule has 0 aromatic heterocycles. The van der Waals surface area contributed by atoms with E-state index in [0.29, 0.717) is 6.07 Å². The molecule has 0 fully saturated rings. The Morgan fingerprint density at radius 3 is 2.11 bits per heavy atom. The molecular formula is C15H8Cl3FN2O6. The van der Waals surface area contributed by atoms with Crippen molar-refractivity contribution in [3.05, 3.63) is 79.6 Å². The SMILES string of the molecule is O=C(OC(c1ccccc1)c1c([N+](=O)[O-])ccc(F)c1[N+](=O)[O-])C(Cl)(Cl)Cl. The maximum atomic E-state index is 14.1. The topological polar surface area (TPSA) is 113 Å². The summed E-state index contributed by atoms with van der Waals surface area (Å²) in [4.78, 5) is 32.6. The summed E-state index contributed by atoms with van der Waals surface area (Å²) in [6.07, 6.45) is -1.77. The summed E-state index contributed by atoms with van der Waals surface area (Å²) in [5.41, 5.74) is -2.79. The third-order valence-electron chi connectivity index (χ3n) is 3.34. The number of halogens is 4. The van der Waals surface area contributed by atoms with E-state index < -0.39 is 48.5 Å². The van der Waals surface area contributed by atoms with Gasteiger partial charge in [0.05, 0.1) is 9.85 Å². The molecule has 0 amide bonds. The zero-order valence-corrected chi connectivity index (χ0v) is 15.2. The van der Waals surface area contributed by atoms with Crippen molar-refractivity contribution in [2.45, 2.75) is 9.90 Å². The van der Waals surface area contributed by atoms with Crippen molar-refractivity contribution < 1.29 is 23.8 Å². The van der Waals surface area contributed by atoms with Crippen molar-refractivity contribution >= 4 is 52.1 Å². The molecule has 8 nitrogen and oxygen atoms in total. The molecule has 0 saturated carbocycles. The number of esters is 1. The fourth-order valence-corrected chi connectivity index (χ4v) is 2.40. The molecule has 0 radical (unpaired) electrons. The van der Waals surface area contributed by atoms with E-state index in [0.717, 1.165) is 6.07 Å². The fraction of sp³-hybridized carbons (Fsp3) is 0.133. The number of hydrogen-bond donors (Lipinski definition) is 0. The summed E-state index contributed by atoms with van der Waals surface area (Å²) in [6, 6.07) is 8.52. The van der Waals surface area contributed by atoms with Crippen LogP contribution in [0.3, 0.4) is 0 Å². The van der Waals surface area contributed by atoms with Crippen LogP contribution >= 0.6 is 34.8 Å². The smallest absolute Gasteiger partial charge is 0.359 e. The lowest BCUT2D eigenvalue weighted by Gasteiger charge is -2.21. The number of benzene rings is 2. The van der Waals surface area contributed by atoms with Crippen molar-refractivity contribution in [1.82, 2.24) is 0 Å². The second-order valence-corrected chi connectivity index (χ2v) is 7.32. The van der Waals surface area contributed by atoms with Crippen LogP contribution < -0.4 is 0 Å². The van der Waals surface area contributed by atoms with Gasteiger partial charge in [0.25, 0.3) is 9.48 Å². The van der Waals surface area contributed by atoms with E-state index in [1.54, 1.807) is 6.07 Å². The first-order valence-corrected chi connectivity index (χ1v) is 8.11. The Morgan fingerprint density at radius 1 is 1.04 bits per heavy atom. The number of nitrogens with zero attached hydrogens (tertiary/aromatic N) is 2. The highest BCUT2D eigenvalue weighted by Crippen LogP contribution is 2.42. The number of alkyl halides is 3. The fourth-order valence-electron chi connectivity index (χ4n) is 2.27. The zero-order valence-electron chi connectivity index (χ0n) is 13.0. The molecule has 0 aliphatic rings. The maximum absolute atomic E-state index is 14.1. The van der Waals surface area contributed by atoms with E-state index in [2.05, 4.69) is 0 Å². The standard InChI is InChI=1S/C15H8Cl3FN2O6/c16-15(17,18)14(22)27-13(8-4-2-1-3-5-8)11-10(20(23)24)7-6-9(19)12(11)21(25)26/h1-7,13H. The lowest BCUT2D eigenvalue weighted by atomic mass is 9.97. The highest BCUT2D eigenvalue weighted by molar-refractivity contribution is 6.75. The molecule has 0 heterocycles. The molecule has 0 aliphatic heterocycles. The Balaban J connectivity index is 2.79. The summed E-state index contributed by atoms with van der Waals surface area (Å²) >= 11 is 16.4. The predicted molar refractivity (Wildman–Crippen MR) is 94.4 cm³/mol. The number of rotatable bonds is 5. The number of carbonyl (C=O) groups is 1. The molecule has 2 aromatic rings. The van der Waals surface area contributed by atoms with Crippen LogP contribution in [0.5, 0.6) is 0 Å². The zero-order chi connectivity index (χ0) is 20.4. The van der Waals surface area contributed by atoms with Crippen LogP contribution in [0.1, 0.15) is 17.2 Å². The van der Waals surface area contributed by atoms with Crippen molar-refractivity contribution in [3.8, 4) is 0 Å². The van der Waals surface area contributed by atoms with E-state index in [4.69, 9.17) is 39.5 Å². The largest absolute Gasteiger partial charge is 0.449 e. The molecule has 0 saturated heterocycles. The van der Waals surface area contributed by atoms with Crippen LogP contribution in [-0.4, -0.2) is 19.6 Å². The molecule has 0 aliphatic carbocycles. The highest BCUT2D eigenvalue weighted by atomic mass is 35.6. The second kappa shape index (κ2) is 8.03. The van der Waals surface area contributed by atoms with E-state index in [-0.39, 0.29) is 5.56 Å². The molecule has 2 rings (SSSR count). The highest BCUT2D eigenvalue weighted by Gasteiger charge is 2.41. The third kappa shape index (κ3) is 4.62. The Kier molecular flexibility index (Phi) is 6.19. The van der Waals surface area contributed by atoms with Gasteiger partial charge in [-0.05, 0) is 11.6 Å². The molecule has 1 atom stereocenters. The summed E-state index contributed by atoms with van der Waals surface area (Å²) in [7, 11) is 0. The number of nitro benzene ring substituents is 2. The van der Waals surface area contributed by atoms with Crippen LogP contribution in [0.15, 0.2) is 42.5 Å². The molecule has 2 aromatic carbocycles. The van der Waals surface area contributed by atoms with E-state index in [1.165, 1.54) is 24.3 Å². The molecule has 0 spiro atoms. The average Bonchev–Trinajstić information content (AvgIpc) is 2.58. The van der Waals surface area contributed by atoms with Crippen LogP contribution in [0.4, 0.5) is 15.8 Å².